The van der Waals surface area contributed by atoms with Crippen LogP contribution in [0.5, 0.6) is 0 Å². The molecule has 18 heavy (non-hydrogen) atoms. The fraction of sp³-hybridized carbons (Fsp3) is 0.429. The van der Waals surface area contributed by atoms with E-state index in [-0.39, 0.29) is 5.91 Å². The van der Waals surface area contributed by atoms with Crippen molar-refractivity contribution in [2.45, 2.75) is 26.7 Å². The average Bonchev–Trinajstić information content (AvgIpc) is 2.28. The van der Waals surface area contributed by atoms with Gasteiger partial charge in [0, 0.05) is 6.54 Å². The van der Waals surface area contributed by atoms with E-state index in [1.54, 1.807) is 6.92 Å². The molecular formula is C14H19NO3. The minimum Gasteiger partial charge on any atom is -0.481 e. The van der Waals surface area contributed by atoms with Gasteiger partial charge in [-0.2, -0.15) is 0 Å². The highest BCUT2D eigenvalue weighted by atomic mass is 16.4. The number of hydrogen-bond donors (Lipinski definition) is 2. The second-order valence-electron chi connectivity index (χ2n) is 4.54. The third-order valence-corrected chi connectivity index (χ3v) is 2.77. The van der Waals surface area contributed by atoms with Crippen molar-refractivity contribution in [2.24, 2.45) is 5.92 Å². The first-order valence-corrected chi connectivity index (χ1v) is 6.04. The summed E-state index contributed by atoms with van der Waals surface area (Å²) in [5.74, 6) is -1.33. The zero-order chi connectivity index (χ0) is 13.5. The number of rotatable bonds is 6. The summed E-state index contributed by atoms with van der Waals surface area (Å²) in [5, 5.41) is 11.4. The van der Waals surface area contributed by atoms with Gasteiger partial charge in [0.25, 0.3) is 0 Å². The van der Waals surface area contributed by atoms with Crippen LogP contribution in [0.25, 0.3) is 0 Å². The fourth-order valence-electron chi connectivity index (χ4n) is 1.62. The Labute approximate surface area is 107 Å². The summed E-state index contributed by atoms with van der Waals surface area (Å²) in [7, 11) is 0. The molecule has 4 nitrogen and oxygen atoms in total. The predicted molar refractivity (Wildman–Crippen MR) is 69.3 cm³/mol. The second-order valence-corrected chi connectivity index (χ2v) is 4.54. The second kappa shape index (κ2) is 6.79. The molecule has 2 N–H and O–H groups in total. The number of amides is 1. The van der Waals surface area contributed by atoms with E-state index in [9.17, 15) is 9.59 Å². The molecule has 0 bridgehead atoms. The van der Waals surface area contributed by atoms with Crippen molar-refractivity contribution >= 4 is 11.9 Å². The highest BCUT2D eigenvalue weighted by Gasteiger charge is 2.10. The summed E-state index contributed by atoms with van der Waals surface area (Å²) < 4.78 is 0. The van der Waals surface area contributed by atoms with Gasteiger partial charge in [-0.3, -0.25) is 9.59 Å². The van der Waals surface area contributed by atoms with Gasteiger partial charge in [-0.05, 0) is 18.9 Å². The number of carboxylic acids is 1. The van der Waals surface area contributed by atoms with Crippen LogP contribution < -0.4 is 5.32 Å². The smallest absolute Gasteiger partial charge is 0.306 e. The Balaban J connectivity index is 2.32. The van der Waals surface area contributed by atoms with Crippen molar-refractivity contribution < 1.29 is 14.7 Å². The minimum atomic E-state index is -0.831. The standard InChI is InChI=1S/C14H19NO3/c1-10-4-3-5-12(8-10)9-13(16)15-7-6-11(2)14(17)18/h3-5,8,11H,6-7,9H2,1-2H3,(H,15,16)(H,17,18). The molecule has 1 aromatic rings. The van der Waals surface area contributed by atoms with Crippen molar-refractivity contribution in [1.82, 2.24) is 5.32 Å². The first-order chi connectivity index (χ1) is 8.49. The first kappa shape index (κ1) is 14.2. The van der Waals surface area contributed by atoms with E-state index < -0.39 is 11.9 Å². The van der Waals surface area contributed by atoms with Crippen LogP contribution in [0.2, 0.25) is 0 Å². The molecule has 1 aromatic carbocycles. The van der Waals surface area contributed by atoms with Gasteiger partial charge in [0.15, 0.2) is 0 Å². The number of hydrogen-bond acceptors (Lipinski definition) is 2. The van der Waals surface area contributed by atoms with Crippen LogP contribution in [-0.2, 0) is 16.0 Å². The molecule has 0 heterocycles. The van der Waals surface area contributed by atoms with Crippen LogP contribution in [0, 0.1) is 12.8 Å². The van der Waals surface area contributed by atoms with Crippen molar-refractivity contribution in [3.05, 3.63) is 35.4 Å². The molecule has 0 aliphatic rings. The molecule has 0 aliphatic carbocycles. The number of aryl methyl sites for hydroxylation is 1. The Morgan fingerprint density at radius 3 is 2.72 bits per heavy atom. The zero-order valence-corrected chi connectivity index (χ0v) is 10.8. The number of carbonyl (C=O) groups is 2. The summed E-state index contributed by atoms with van der Waals surface area (Å²) >= 11 is 0. The first-order valence-electron chi connectivity index (χ1n) is 6.04. The molecule has 1 unspecified atom stereocenters. The highest BCUT2D eigenvalue weighted by molar-refractivity contribution is 5.78. The Bertz CT molecular complexity index is 429. The van der Waals surface area contributed by atoms with E-state index >= 15 is 0 Å². The van der Waals surface area contributed by atoms with Crippen molar-refractivity contribution in [3.63, 3.8) is 0 Å². The molecule has 0 spiro atoms. The lowest BCUT2D eigenvalue weighted by molar-refractivity contribution is -0.141. The molecule has 0 saturated carbocycles. The van der Waals surface area contributed by atoms with Gasteiger partial charge in [-0.15, -0.1) is 0 Å². The van der Waals surface area contributed by atoms with Crippen LogP contribution in [0.3, 0.4) is 0 Å². The summed E-state index contributed by atoms with van der Waals surface area (Å²) in [6.07, 6.45) is 0.790. The van der Waals surface area contributed by atoms with Gasteiger partial charge in [0.05, 0.1) is 12.3 Å². The maximum atomic E-state index is 11.6. The van der Waals surface area contributed by atoms with Gasteiger partial charge < -0.3 is 10.4 Å². The summed E-state index contributed by atoms with van der Waals surface area (Å²) in [6, 6.07) is 7.78. The summed E-state index contributed by atoms with van der Waals surface area (Å²) in [6.45, 7) is 4.02. The molecule has 0 aromatic heterocycles. The molecule has 0 fully saturated rings. The quantitative estimate of drug-likeness (QED) is 0.807. The van der Waals surface area contributed by atoms with Gasteiger partial charge in [0.2, 0.25) is 5.91 Å². The lowest BCUT2D eigenvalue weighted by Gasteiger charge is -2.08. The van der Waals surface area contributed by atoms with Crippen molar-refractivity contribution in [1.29, 1.82) is 0 Å². The summed E-state index contributed by atoms with van der Waals surface area (Å²) in [5.41, 5.74) is 2.10. The van der Waals surface area contributed by atoms with E-state index in [4.69, 9.17) is 5.11 Å². The zero-order valence-electron chi connectivity index (χ0n) is 10.8. The minimum absolute atomic E-state index is 0.0711. The Kier molecular flexibility index (Phi) is 5.36. The van der Waals surface area contributed by atoms with Crippen LogP contribution in [0.4, 0.5) is 0 Å². The van der Waals surface area contributed by atoms with Gasteiger partial charge in [-0.25, -0.2) is 0 Å². The van der Waals surface area contributed by atoms with Crippen molar-refractivity contribution in [3.8, 4) is 0 Å². The SMILES string of the molecule is Cc1cccc(CC(=O)NCCC(C)C(=O)O)c1. The molecule has 1 atom stereocenters. The van der Waals surface area contributed by atoms with Crippen LogP contribution in [-0.4, -0.2) is 23.5 Å². The topological polar surface area (TPSA) is 66.4 Å². The number of carbonyl (C=O) groups excluding carboxylic acids is 1. The Morgan fingerprint density at radius 1 is 1.39 bits per heavy atom. The highest BCUT2D eigenvalue weighted by Crippen LogP contribution is 2.05. The molecule has 4 heteroatoms. The Hall–Kier alpha value is -1.84. The maximum Gasteiger partial charge on any atom is 0.306 e. The van der Waals surface area contributed by atoms with Crippen LogP contribution in [0.1, 0.15) is 24.5 Å². The normalized spacial score (nSPS) is 11.9. The predicted octanol–water partition coefficient (Wildman–Crippen LogP) is 1.76. The van der Waals surface area contributed by atoms with Crippen molar-refractivity contribution in [2.75, 3.05) is 6.54 Å². The fourth-order valence-corrected chi connectivity index (χ4v) is 1.62. The third kappa shape index (κ3) is 4.99. The van der Waals surface area contributed by atoms with Gasteiger partial charge in [0.1, 0.15) is 0 Å². The third-order valence-electron chi connectivity index (χ3n) is 2.77. The van der Waals surface area contributed by atoms with E-state index in [2.05, 4.69) is 5.32 Å². The Morgan fingerprint density at radius 2 is 2.11 bits per heavy atom. The number of benzene rings is 1. The summed E-state index contributed by atoms with van der Waals surface area (Å²) in [4.78, 5) is 22.2. The molecular weight excluding hydrogens is 230 g/mol. The van der Waals surface area contributed by atoms with Crippen LogP contribution in [0.15, 0.2) is 24.3 Å². The van der Waals surface area contributed by atoms with E-state index in [1.807, 2.05) is 31.2 Å². The molecule has 0 radical (unpaired) electrons. The van der Waals surface area contributed by atoms with Crippen LogP contribution >= 0.6 is 0 Å². The molecule has 0 saturated heterocycles. The number of nitrogens with one attached hydrogen (secondary N) is 1. The monoisotopic (exact) mass is 249 g/mol. The maximum absolute atomic E-state index is 11.6. The van der Waals surface area contributed by atoms with E-state index in [1.165, 1.54) is 0 Å². The molecule has 1 rings (SSSR count). The number of carboxylic acid groups (broad SMARTS) is 1. The molecule has 1 amide bonds. The van der Waals surface area contributed by atoms with Gasteiger partial charge in [-0.1, -0.05) is 36.8 Å². The molecule has 0 aliphatic heterocycles. The van der Waals surface area contributed by atoms with E-state index in [0.29, 0.717) is 19.4 Å². The molecule has 98 valence electrons. The largest absolute Gasteiger partial charge is 0.481 e. The van der Waals surface area contributed by atoms with Gasteiger partial charge >= 0.3 is 5.97 Å². The average molecular weight is 249 g/mol. The van der Waals surface area contributed by atoms with E-state index in [0.717, 1.165) is 11.1 Å². The lowest BCUT2D eigenvalue weighted by Crippen LogP contribution is -2.28. The number of aliphatic carboxylic acids is 1. The lowest BCUT2D eigenvalue weighted by atomic mass is 10.1.